The summed E-state index contributed by atoms with van der Waals surface area (Å²) in [6.45, 7) is 0.360. The van der Waals surface area contributed by atoms with Gasteiger partial charge in [0.05, 0.1) is 5.75 Å². The average Bonchev–Trinajstić information content (AvgIpc) is 2.17. The highest BCUT2D eigenvalue weighted by Gasteiger charge is 2.16. The van der Waals surface area contributed by atoms with E-state index in [-0.39, 0.29) is 11.6 Å². The maximum Gasteiger partial charge on any atom is 0.215 e. The summed E-state index contributed by atoms with van der Waals surface area (Å²) in [5, 5.41) is 0. The van der Waals surface area contributed by atoms with E-state index in [1.165, 1.54) is 4.31 Å². The molecule has 0 radical (unpaired) electrons. The predicted octanol–water partition coefficient (Wildman–Crippen LogP) is 2.45. The number of rotatable bonds is 5. The van der Waals surface area contributed by atoms with Crippen molar-refractivity contribution in [2.24, 2.45) is 0 Å². The fraction of sp³-hybridized carbons (Fsp3) is 0.400. The molecular weight excluding hydrogens is 314 g/mol. The van der Waals surface area contributed by atoms with Crippen molar-refractivity contribution in [3.63, 3.8) is 0 Å². The van der Waals surface area contributed by atoms with Gasteiger partial charge in [-0.05, 0) is 17.7 Å². The first-order valence-corrected chi connectivity index (χ1v) is 7.64. The molecule has 0 fully saturated rings. The number of nitrogens with zero attached hydrogens (tertiary/aromatic N) is 1. The van der Waals surface area contributed by atoms with Crippen LogP contribution in [0.25, 0.3) is 0 Å². The molecule has 0 amide bonds. The molecule has 0 spiro atoms. The molecule has 0 aliphatic carbocycles. The van der Waals surface area contributed by atoms with Crippen molar-refractivity contribution in [1.82, 2.24) is 4.31 Å². The van der Waals surface area contributed by atoms with Crippen LogP contribution in [-0.2, 0) is 16.6 Å². The maximum absolute atomic E-state index is 11.6. The molecule has 0 aromatic heterocycles. The third kappa shape index (κ3) is 4.05. The Hall–Kier alpha value is -0.100. The highest BCUT2D eigenvalue weighted by atomic mass is 79.9. The second kappa shape index (κ2) is 6.00. The monoisotopic (exact) mass is 325 g/mol. The van der Waals surface area contributed by atoms with Crippen LogP contribution in [0.4, 0.5) is 0 Å². The van der Waals surface area contributed by atoms with Crippen molar-refractivity contribution in [3.05, 3.63) is 34.3 Å². The highest BCUT2D eigenvalue weighted by molar-refractivity contribution is 9.10. The SMILES string of the molecule is CN(Cc1cccc(Br)c1)S(=O)(=O)CCCl. The summed E-state index contributed by atoms with van der Waals surface area (Å²) in [6.07, 6.45) is 0. The second-order valence-corrected chi connectivity index (χ2v) is 6.88. The number of benzene rings is 1. The zero-order valence-corrected chi connectivity index (χ0v) is 12.0. The van der Waals surface area contributed by atoms with Gasteiger partial charge >= 0.3 is 0 Å². The van der Waals surface area contributed by atoms with Crippen LogP contribution in [0.3, 0.4) is 0 Å². The standard InChI is InChI=1S/C10H13BrClNO2S/c1-13(16(14,15)6-5-12)8-9-3-2-4-10(11)7-9/h2-4,7H,5-6,8H2,1H3. The van der Waals surface area contributed by atoms with Gasteiger partial charge in [0, 0.05) is 23.9 Å². The third-order valence-corrected chi connectivity index (χ3v) is 4.81. The number of sulfonamides is 1. The van der Waals surface area contributed by atoms with Crippen LogP contribution in [-0.4, -0.2) is 31.4 Å². The molecule has 6 heteroatoms. The van der Waals surface area contributed by atoms with E-state index in [1.54, 1.807) is 7.05 Å². The minimum atomic E-state index is -3.24. The summed E-state index contributed by atoms with van der Waals surface area (Å²) < 4.78 is 25.6. The number of halogens is 2. The Kier molecular flexibility index (Phi) is 5.24. The topological polar surface area (TPSA) is 37.4 Å². The molecular formula is C10H13BrClNO2S. The summed E-state index contributed by atoms with van der Waals surface area (Å²) in [6, 6.07) is 7.56. The van der Waals surface area contributed by atoms with Gasteiger partial charge in [0.1, 0.15) is 0 Å². The Morgan fingerprint density at radius 3 is 2.69 bits per heavy atom. The van der Waals surface area contributed by atoms with Gasteiger partial charge in [0.15, 0.2) is 0 Å². The lowest BCUT2D eigenvalue weighted by atomic mass is 10.2. The zero-order valence-electron chi connectivity index (χ0n) is 8.86. The molecule has 0 atom stereocenters. The molecule has 1 rings (SSSR count). The van der Waals surface area contributed by atoms with Crippen LogP contribution in [0, 0.1) is 0 Å². The summed E-state index contributed by atoms with van der Waals surface area (Å²) in [5.74, 6) is 0.0875. The van der Waals surface area contributed by atoms with Crippen molar-refractivity contribution >= 4 is 37.6 Å². The zero-order chi connectivity index (χ0) is 12.2. The van der Waals surface area contributed by atoms with Crippen molar-refractivity contribution in [2.45, 2.75) is 6.54 Å². The molecule has 0 bridgehead atoms. The van der Waals surface area contributed by atoms with Crippen LogP contribution in [0.5, 0.6) is 0 Å². The Balaban J connectivity index is 2.75. The van der Waals surface area contributed by atoms with E-state index in [0.29, 0.717) is 6.54 Å². The lowest BCUT2D eigenvalue weighted by Gasteiger charge is -2.16. The first kappa shape index (κ1) is 14.0. The molecule has 16 heavy (non-hydrogen) atoms. The molecule has 90 valence electrons. The molecule has 0 saturated carbocycles. The van der Waals surface area contributed by atoms with E-state index < -0.39 is 10.0 Å². The van der Waals surface area contributed by atoms with Crippen LogP contribution >= 0.6 is 27.5 Å². The molecule has 0 saturated heterocycles. The smallest absolute Gasteiger partial charge is 0.212 e. The number of hydrogen-bond acceptors (Lipinski definition) is 2. The largest absolute Gasteiger partial charge is 0.215 e. The third-order valence-electron chi connectivity index (χ3n) is 2.10. The van der Waals surface area contributed by atoms with E-state index in [4.69, 9.17) is 11.6 Å². The molecule has 0 aliphatic heterocycles. The van der Waals surface area contributed by atoms with E-state index >= 15 is 0 Å². The van der Waals surface area contributed by atoms with E-state index in [2.05, 4.69) is 15.9 Å². The minimum Gasteiger partial charge on any atom is -0.212 e. The quantitative estimate of drug-likeness (QED) is 0.780. The summed E-state index contributed by atoms with van der Waals surface area (Å²) in [7, 11) is -1.68. The normalized spacial score (nSPS) is 12.0. The van der Waals surface area contributed by atoms with Gasteiger partial charge in [-0.1, -0.05) is 28.1 Å². The van der Waals surface area contributed by atoms with Crippen LogP contribution in [0.15, 0.2) is 28.7 Å². The molecule has 0 heterocycles. The van der Waals surface area contributed by atoms with Gasteiger partial charge in [0.2, 0.25) is 10.0 Å². The van der Waals surface area contributed by atoms with E-state index in [0.717, 1.165) is 10.0 Å². The van der Waals surface area contributed by atoms with Gasteiger partial charge in [0.25, 0.3) is 0 Å². The average molecular weight is 327 g/mol. The van der Waals surface area contributed by atoms with Gasteiger partial charge in [-0.15, -0.1) is 11.6 Å². The Bertz CT molecular complexity index is 450. The van der Waals surface area contributed by atoms with E-state index in [1.807, 2.05) is 24.3 Å². The predicted molar refractivity (Wildman–Crippen MR) is 70.1 cm³/mol. The molecule has 3 nitrogen and oxygen atoms in total. The molecule has 0 unspecified atom stereocenters. The minimum absolute atomic E-state index is 0.0287. The van der Waals surface area contributed by atoms with Crippen molar-refractivity contribution in [2.75, 3.05) is 18.7 Å². The van der Waals surface area contributed by atoms with Gasteiger partial charge < -0.3 is 0 Å². The highest BCUT2D eigenvalue weighted by Crippen LogP contribution is 2.14. The maximum atomic E-state index is 11.6. The van der Waals surface area contributed by atoms with Crippen LogP contribution < -0.4 is 0 Å². The van der Waals surface area contributed by atoms with Crippen LogP contribution in [0.1, 0.15) is 5.56 Å². The van der Waals surface area contributed by atoms with Crippen LogP contribution in [0.2, 0.25) is 0 Å². The Morgan fingerprint density at radius 2 is 2.12 bits per heavy atom. The fourth-order valence-electron chi connectivity index (χ4n) is 1.24. The summed E-state index contributed by atoms with van der Waals surface area (Å²) in [4.78, 5) is 0. The summed E-state index contributed by atoms with van der Waals surface area (Å²) in [5.41, 5.74) is 0.940. The Morgan fingerprint density at radius 1 is 1.44 bits per heavy atom. The summed E-state index contributed by atoms with van der Waals surface area (Å²) >= 11 is 8.79. The van der Waals surface area contributed by atoms with Crippen molar-refractivity contribution < 1.29 is 8.42 Å². The molecule has 1 aromatic rings. The first-order valence-electron chi connectivity index (χ1n) is 4.70. The lowest BCUT2D eigenvalue weighted by molar-refractivity contribution is 0.468. The second-order valence-electron chi connectivity index (χ2n) is 3.39. The van der Waals surface area contributed by atoms with Gasteiger partial charge in [-0.25, -0.2) is 12.7 Å². The molecule has 1 aromatic carbocycles. The van der Waals surface area contributed by atoms with Crippen molar-refractivity contribution in [1.29, 1.82) is 0 Å². The molecule has 0 N–H and O–H groups in total. The number of alkyl halides is 1. The number of hydrogen-bond donors (Lipinski definition) is 0. The molecule has 0 aliphatic rings. The Labute approximate surface area is 110 Å². The lowest BCUT2D eigenvalue weighted by Crippen LogP contribution is -2.29. The van der Waals surface area contributed by atoms with Gasteiger partial charge in [-0.2, -0.15) is 0 Å². The van der Waals surface area contributed by atoms with Gasteiger partial charge in [-0.3, -0.25) is 0 Å². The fourth-order valence-corrected chi connectivity index (χ4v) is 3.13. The van der Waals surface area contributed by atoms with E-state index in [9.17, 15) is 8.42 Å². The first-order chi connectivity index (χ1) is 7.45. The van der Waals surface area contributed by atoms with Crippen molar-refractivity contribution in [3.8, 4) is 0 Å².